The summed E-state index contributed by atoms with van der Waals surface area (Å²) >= 11 is 0. The van der Waals surface area contributed by atoms with E-state index in [1.165, 1.54) is 0 Å². The second-order valence-corrected chi connectivity index (χ2v) is 4.76. The van der Waals surface area contributed by atoms with Crippen LogP contribution in [0.4, 0.5) is 24.5 Å². The fraction of sp³-hybridized carbons (Fsp3) is 0.500. The van der Waals surface area contributed by atoms with Crippen LogP contribution in [0.25, 0.3) is 0 Å². The van der Waals surface area contributed by atoms with Crippen molar-refractivity contribution >= 4 is 11.4 Å². The topological polar surface area (TPSA) is 55.2 Å². The Kier molecular flexibility index (Phi) is 3.38. The van der Waals surface area contributed by atoms with Gasteiger partial charge >= 0.3 is 6.18 Å². The van der Waals surface area contributed by atoms with Crippen LogP contribution in [-0.4, -0.2) is 11.0 Å². The molecule has 1 N–H and O–H groups in total. The predicted octanol–water partition coefficient (Wildman–Crippen LogP) is 3.82. The van der Waals surface area contributed by atoms with Crippen molar-refractivity contribution in [3.8, 4) is 0 Å². The lowest BCUT2D eigenvalue weighted by Crippen LogP contribution is -2.18. The third-order valence-corrected chi connectivity index (χ3v) is 3.23. The molecule has 0 spiro atoms. The Morgan fingerprint density at radius 3 is 2.53 bits per heavy atom. The van der Waals surface area contributed by atoms with Crippen molar-refractivity contribution in [1.82, 2.24) is 0 Å². The molecule has 0 bridgehead atoms. The highest BCUT2D eigenvalue weighted by Gasteiger charge is 2.34. The van der Waals surface area contributed by atoms with Gasteiger partial charge < -0.3 is 5.32 Å². The number of rotatable bonds is 4. The molecule has 1 atom stereocenters. The molecule has 1 aromatic rings. The Balaban J connectivity index is 2.29. The zero-order valence-corrected chi connectivity index (χ0v) is 10.2. The van der Waals surface area contributed by atoms with Gasteiger partial charge in [-0.05, 0) is 37.8 Å². The summed E-state index contributed by atoms with van der Waals surface area (Å²) in [6.45, 7) is 1.87. The molecule has 19 heavy (non-hydrogen) atoms. The van der Waals surface area contributed by atoms with E-state index in [0.29, 0.717) is 12.0 Å². The van der Waals surface area contributed by atoms with E-state index in [9.17, 15) is 23.3 Å². The van der Waals surface area contributed by atoms with Gasteiger partial charge in [0, 0.05) is 12.1 Å². The zero-order valence-electron chi connectivity index (χ0n) is 10.2. The van der Waals surface area contributed by atoms with Gasteiger partial charge in [0.1, 0.15) is 5.69 Å². The SMILES string of the molecule is CC(Nc1ccc(C(F)(F)F)cc1[N+](=O)[O-])C1CC1. The summed E-state index contributed by atoms with van der Waals surface area (Å²) < 4.78 is 37.6. The molecule has 0 radical (unpaired) electrons. The Labute approximate surface area is 107 Å². The van der Waals surface area contributed by atoms with Gasteiger partial charge in [0.25, 0.3) is 5.69 Å². The number of anilines is 1. The van der Waals surface area contributed by atoms with Crippen LogP contribution in [0.2, 0.25) is 0 Å². The minimum atomic E-state index is -4.58. The van der Waals surface area contributed by atoms with Crippen LogP contribution in [-0.2, 0) is 6.18 Å². The maximum absolute atomic E-state index is 12.5. The standard InChI is InChI=1S/C12H13F3N2O2/c1-7(8-2-3-8)16-10-5-4-9(12(13,14)15)6-11(10)17(18)19/h4-8,16H,2-3H2,1H3. The number of nitrogens with one attached hydrogen (secondary N) is 1. The Bertz CT molecular complexity index is 498. The van der Waals surface area contributed by atoms with Crippen molar-refractivity contribution in [2.24, 2.45) is 5.92 Å². The van der Waals surface area contributed by atoms with Gasteiger partial charge in [-0.1, -0.05) is 0 Å². The maximum Gasteiger partial charge on any atom is 0.416 e. The van der Waals surface area contributed by atoms with Gasteiger partial charge in [-0.2, -0.15) is 13.2 Å². The second kappa shape index (κ2) is 4.71. The number of hydrogen-bond donors (Lipinski definition) is 1. The molecule has 0 aliphatic heterocycles. The monoisotopic (exact) mass is 274 g/mol. The molecule has 0 aromatic heterocycles. The van der Waals surface area contributed by atoms with E-state index in [-0.39, 0.29) is 11.7 Å². The molecule has 1 aliphatic carbocycles. The molecule has 1 fully saturated rings. The molecule has 1 unspecified atom stereocenters. The van der Waals surface area contributed by atoms with Crippen LogP contribution in [0.1, 0.15) is 25.3 Å². The number of nitro groups is 1. The fourth-order valence-electron chi connectivity index (χ4n) is 1.94. The summed E-state index contributed by atoms with van der Waals surface area (Å²) in [5.74, 6) is 0.446. The highest BCUT2D eigenvalue weighted by molar-refractivity contribution is 5.63. The molecule has 1 saturated carbocycles. The van der Waals surface area contributed by atoms with E-state index >= 15 is 0 Å². The Hall–Kier alpha value is -1.79. The summed E-state index contributed by atoms with van der Waals surface area (Å²) in [6, 6.07) is 2.58. The lowest BCUT2D eigenvalue weighted by molar-refractivity contribution is -0.384. The summed E-state index contributed by atoms with van der Waals surface area (Å²) in [4.78, 5) is 10.1. The van der Waals surface area contributed by atoms with Crippen molar-refractivity contribution in [3.63, 3.8) is 0 Å². The third-order valence-electron chi connectivity index (χ3n) is 3.23. The normalized spacial score (nSPS) is 17.1. The molecule has 1 aliphatic rings. The number of alkyl halides is 3. The fourth-order valence-corrected chi connectivity index (χ4v) is 1.94. The lowest BCUT2D eigenvalue weighted by Gasteiger charge is -2.15. The van der Waals surface area contributed by atoms with Gasteiger partial charge in [0.15, 0.2) is 0 Å². The molecule has 4 nitrogen and oxygen atoms in total. The number of hydrogen-bond acceptors (Lipinski definition) is 3. The van der Waals surface area contributed by atoms with Gasteiger partial charge in [-0.3, -0.25) is 10.1 Å². The average Bonchev–Trinajstić information content (AvgIpc) is 3.11. The Morgan fingerprint density at radius 2 is 2.05 bits per heavy atom. The van der Waals surface area contributed by atoms with Gasteiger partial charge in [-0.15, -0.1) is 0 Å². The van der Waals surface area contributed by atoms with Gasteiger partial charge in [0.05, 0.1) is 10.5 Å². The van der Waals surface area contributed by atoms with Crippen molar-refractivity contribution < 1.29 is 18.1 Å². The van der Waals surface area contributed by atoms with Gasteiger partial charge in [0.2, 0.25) is 0 Å². The quantitative estimate of drug-likeness (QED) is 0.670. The first-order valence-electron chi connectivity index (χ1n) is 5.91. The summed E-state index contributed by atoms with van der Waals surface area (Å²) in [6.07, 6.45) is -2.49. The highest BCUT2D eigenvalue weighted by Crippen LogP contribution is 2.38. The van der Waals surface area contributed by atoms with Crippen molar-refractivity contribution in [3.05, 3.63) is 33.9 Å². The second-order valence-electron chi connectivity index (χ2n) is 4.76. The van der Waals surface area contributed by atoms with E-state index in [4.69, 9.17) is 0 Å². The van der Waals surface area contributed by atoms with Crippen LogP contribution in [0.5, 0.6) is 0 Å². The Morgan fingerprint density at radius 1 is 1.42 bits per heavy atom. The maximum atomic E-state index is 12.5. The molecule has 104 valence electrons. The first kappa shape index (κ1) is 13.6. The summed E-state index contributed by atoms with van der Waals surface area (Å²) in [7, 11) is 0. The minimum absolute atomic E-state index is 0.0236. The van der Waals surface area contributed by atoms with Crippen molar-refractivity contribution in [2.45, 2.75) is 32.0 Å². The lowest BCUT2D eigenvalue weighted by atomic mass is 10.1. The van der Waals surface area contributed by atoms with E-state index in [2.05, 4.69) is 5.32 Å². The van der Waals surface area contributed by atoms with E-state index in [1.54, 1.807) is 0 Å². The molecular formula is C12H13F3N2O2. The van der Waals surface area contributed by atoms with E-state index in [0.717, 1.165) is 25.0 Å². The first-order chi connectivity index (χ1) is 8.79. The largest absolute Gasteiger partial charge is 0.416 e. The molecule has 0 saturated heterocycles. The number of halogens is 3. The number of benzene rings is 1. The summed E-state index contributed by atoms with van der Waals surface area (Å²) in [5.41, 5.74) is -1.41. The number of nitro benzene ring substituents is 1. The first-order valence-corrected chi connectivity index (χ1v) is 5.91. The molecule has 0 amide bonds. The number of nitrogens with zero attached hydrogens (tertiary/aromatic N) is 1. The van der Waals surface area contributed by atoms with Crippen LogP contribution in [0.3, 0.4) is 0 Å². The minimum Gasteiger partial charge on any atom is -0.377 e. The average molecular weight is 274 g/mol. The third kappa shape index (κ3) is 3.15. The molecule has 2 rings (SSSR count). The highest BCUT2D eigenvalue weighted by atomic mass is 19.4. The molecule has 7 heteroatoms. The van der Waals surface area contributed by atoms with Crippen LogP contribution in [0, 0.1) is 16.0 Å². The molecule has 0 heterocycles. The smallest absolute Gasteiger partial charge is 0.377 e. The molecule has 1 aromatic carbocycles. The van der Waals surface area contributed by atoms with E-state index in [1.807, 2.05) is 6.92 Å². The summed E-state index contributed by atoms with van der Waals surface area (Å²) in [5, 5.41) is 13.8. The van der Waals surface area contributed by atoms with Crippen LogP contribution >= 0.6 is 0 Å². The van der Waals surface area contributed by atoms with E-state index < -0.39 is 22.4 Å². The van der Waals surface area contributed by atoms with Crippen LogP contribution in [0.15, 0.2) is 18.2 Å². The molecular weight excluding hydrogens is 261 g/mol. The van der Waals surface area contributed by atoms with Crippen molar-refractivity contribution in [1.29, 1.82) is 0 Å². The van der Waals surface area contributed by atoms with Crippen molar-refractivity contribution in [2.75, 3.05) is 5.32 Å². The van der Waals surface area contributed by atoms with Crippen LogP contribution < -0.4 is 5.32 Å². The van der Waals surface area contributed by atoms with Gasteiger partial charge in [-0.25, -0.2) is 0 Å². The predicted molar refractivity (Wildman–Crippen MR) is 63.9 cm³/mol. The zero-order chi connectivity index (χ0) is 14.2.